The molecule has 1 fully saturated rings. The topological polar surface area (TPSA) is 88.2 Å². The van der Waals surface area contributed by atoms with Crippen LogP contribution in [0.1, 0.15) is 13.3 Å². The average Bonchev–Trinajstić information content (AvgIpc) is 2.20. The molecule has 1 aliphatic heterocycles. The highest BCUT2D eigenvalue weighted by Gasteiger charge is 2.26. The van der Waals surface area contributed by atoms with Crippen molar-refractivity contribution in [1.82, 2.24) is 15.0 Å². The molecular weight excluding hydrogens is 230 g/mol. The number of hydrogen-bond acceptors (Lipinski definition) is 6. The average molecular weight is 244 g/mol. The molecule has 1 aromatic heterocycles. The number of nitrogens with two attached hydrogens (primary N) is 1. The summed E-state index contributed by atoms with van der Waals surface area (Å²) in [4.78, 5) is 13.7. The van der Waals surface area contributed by atoms with E-state index in [2.05, 4.69) is 15.0 Å². The van der Waals surface area contributed by atoms with E-state index in [4.69, 9.17) is 17.3 Å². The maximum Gasteiger partial charge on any atom is 0.231 e. The molecule has 1 aromatic rings. The number of hydrogen-bond donors (Lipinski definition) is 2. The highest BCUT2D eigenvalue weighted by Crippen LogP contribution is 2.21. The van der Waals surface area contributed by atoms with Gasteiger partial charge in [0, 0.05) is 13.1 Å². The van der Waals surface area contributed by atoms with Gasteiger partial charge in [-0.15, -0.1) is 0 Å². The van der Waals surface area contributed by atoms with Gasteiger partial charge < -0.3 is 15.7 Å². The Morgan fingerprint density at radius 3 is 2.81 bits per heavy atom. The second-order valence-electron chi connectivity index (χ2n) is 4.04. The van der Waals surface area contributed by atoms with E-state index in [1.807, 2.05) is 11.8 Å². The molecule has 0 spiro atoms. The zero-order chi connectivity index (χ0) is 11.7. The molecule has 3 N–H and O–H groups in total. The lowest BCUT2D eigenvalue weighted by Crippen LogP contribution is -2.42. The van der Waals surface area contributed by atoms with Crippen molar-refractivity contribution in [1.29, 1.82) is 0 Å². The Hall–Kier alpha value is -1.14. The Morgan fingerprint density at radius 1 is 1.44 bits per heavy atom. The first-order chi connectivity index (χ1) is 7.56. The highest BCUT2D eigenvalue weighted by molar-refractivity contribution is 6.28. The fourth-order valence-corrected chi connectivity index (χ4v) is 1.97. The molecule has 2 atom stereocenters. The van der Waals surface area contributed by atoms with E-state index in [9.17, 15) is 5.11 Å². The number of anilines is 2. The van der Waals surface area contributed by atoms with Crippen LogP contribution in [0.4, 0.5) is 11.9 Å². The first-order valence-corrected chi connectivity index (χ1v) is 5.54. The van der Waals surface area contributed by atoms with Gasteiger partial charge in [0.05, 0.1) is 6.10 Å². The normalized spacial score (nSPS) is 25.8. The van der Waals surface area contributed by atoms with Gasteiger partial charge in [-0.1, -0.05) is 6.92 Å². The van der Waals surface area contributed by atoms with Crippen LogP contribution in [0.5, 0.6) is 0 Å². The van der Waals surface area contributed by atoms with Crippen LogP contribution in [0.25, 0.3) is 0 Å². The second kappa shape index (κ2) is 4.39. The van der Waals surface area contributed by atoms with E-state index in [0.29, 0.717) is 25.5 Å². The number of piperidine rings is 1. The van der Waals surface area contributed by atoms with Crippen molar-refractivity contribution in [3.63, 3.8) is 0 Å². The molecule has 1 saturated heterocycles. The second-order valence-corrected chi connectivity index (χ2v) is 4.38. The van der Waals surface area contributed by atoms with Gasteiger partial charge in [-0.05, 0) is 23.9 Å². The first kappa shape index (κ1) is 11.3. The Balaban J connectivity index is 2.18. The summed E-state index contributed by atoms with van der Waals surface area (Å²) in [5, 5.41) is 9.72. The molecule has 1 aliphatic rings. The third kappa shape index (κ3) is 2.33. The Labute approximate surface area is 98.5 Å². The van der Waals surface area contributed by atoms with Crippen molar-refractivity contribution in [2.24, 2.45) is 5.92 Å². The van der Waals surface area contributed by atoms with Gasteiger partial charge in [-0.2, -0.15) is 15.0 Å². The molecule has 2 rings (SSSR count). The Kier molecular flexibility index (Phi) is 3.11. The lowest BCUT2D eigenvalue weighted by molar-refractivity contribution is 0.0966. The molecule has 88 valence electrons. The standard InChI is InChI=1S/C9H14ClN5O/c1-5-4-15(3-2-6(5)16)9-13-7(10)12-8(11)14-9/h5-6,16H,2-4H2,1H3,(H2,11,12,13,14). The zero-order valence-corrected chi connectivity index (χ0v) is 9.72. The Bertz CT molecular complexity index is 368. The fourth-order valence-electron chi connectivity index (χ4n) is 1.81. The highest BCUT2D eigenvalue weighted by atomic mass is 35.5. The van der Waals surface area contributed by atoms with Crippen molar-refractivity contribution in [2.45, 2.75) is 19.4 Å². The molecule has 0 aromatic carbocycles. The van der Waals surface area contributed by atoms with Gasteiger partial charge >= 0.3 is 0 Å². The summed E-state index contributed by atoms with van der Waals surface area (Å²) in [6.45, 7) is 3.38. The Morgan fingerprint density at radius 2 is 2.19 bits per heavy atom. The molecular formula is C9H14ClN5O. The van der Waals surface area contributed by atoms with Crippen LogP contribution in [0, 0.1) is 5.92 Å². The van der Waals surface area contributed by atoms with Crippen LogP contribution >= 0.6 is 11.6 Å². The largest absolute Gasteiger partial charge is 0.393 e. The molecule has 0 bridgehead atoms. The third-order valence-electron chi connectivity index (χ3n) is 2.76. The molecule has 16 heavy (non-hydrogen) atoms. The van der Waals surface area contributed by atoms with Crippen molar-refractivity contribution in [3.8, 4) is 0 Å². The van der Waals surface area contributed by atoms with Crippen LogP contribution < -0.4 is 10.6 Å². The van der Waals surface area contributed by atoms with Gasteiger partial charge in [0.25, 0.3) is 0 Å². The van der Waals surface area contributed by atoms with Crippen LogP contribution in [0.15, 0.2) is 0 Å². The van der Waals surface area contributed by atoms with E-state index < -0.39 is 0 Å². The van der Waals surface area contributed by atoms with E-state index >= 15 is 0 Å². The van der Waals surface area contributed by atoms with Crippen LogP contribution in [0.2, 0.25) is 5.28 Å². The van der Waals surface area contributed by atoms with Crippen molar-refractivity contribution < 1.29 is 5.11 Å². The summed E-state index contributed by atoms with van der Waals surface area (Å²) < 4.78 is 0. The molecule has 0 saturated carbocycles. The fraction of sp³-hybridized carbons (Fsp3) is 0.667. The summed E-state index contributed by atoms with van der Waals surface area (Å²) in [5.74, 6) is 0.788. The van der Waals surface area contributed by atoms with E-state index in [1.54, 1.807) is 0 Å². The first-order valence-electron chi connectivity index (χ1n) is 5.16. The van der Waals surface area contributed by atoms with Gasteiger partial charge in [0.15, 0.2) is 0 Å². The monoisotopic (exact) mass is 243 g/mol. The minimum absolute atomic E-state index is 0.0984. The number of nitrogens with zero attached hydrogens (tertiary/aromatic N) is 4. The number of aliphatic hydroxyl groups excluding tert-OH is 1. The van der Waals surface area contributed by atoms with Crippen molar-refractivity contribution in [2.75, 3.05) is 23.7 Å². The summed E-state index contributed by atoms with van der Waals surface area (Å²) in [5.41, 5.74) is 5.51. The number of aromatic nitrogens is 3. The molecule has 6 nitrogen and oxygen atoms in total. The maximum absolute atomic E-state index is 9.62. The van der Waals surface area contributed by atoms with Gasteiger partial charge in [0.1, 0.15) is 0 Å². The minimum Gasteiger partial charge on any atom is -0.393 e. The van der Waals surface area contributed by atoms with Crippen LogP contribution in [-0.4, -0.2) is 39.3 Å². The van der Waals surface area contributed by atoms with E-state index in [0.717, 1.165) is 0 Å². The lowest BCUT2D eigenvalue weighted by atomic mass is 9.97. The predicted octanol–water partition coefficient (Wildman–Crippen LogP) is 0.314. The van der Waals surface area contributed by atoms with E-state index in [1.165, 1.54) is 0 Å². The molecule has 0 aliphatic carbocycles. The lowest BCUT2D eigenvalue weighted by Gasteiger charge is -2.34. The summed E-state index contributed by atoms with van der Waals surface area (Å²) >= 11 is 5.72. The maximum atomic E-state index is 9.62. The molecule has 0 amide bonds. The SMILES string of the molecule is CC1CN(c2nc(N)nc(Cl)n2)CCC1O. The number of aliphatic hydroxyl groups is 1. The summed E-state index contributed by atoms with van der Waals surface area (Å²) in [7, 11) is 0. The van der Waals surface area contributed by atoms with Crippen molar-refractivity contribution in [3.05, 3.63) is 5.28 Å². The van der Waals surface area contributed by atoms with Gasteiger partial charge in [-0.25, -0.2) is 0 Å². The van der Waals surface area contributed by atoms with Crippen LogP contribution in [-0.2, 0) is 0 Å². The molecule has 2 heterocycles. The summed E-state index contributed by atoms with van der Waals surface area (Å²) in [6.07, 6.45) is 0.440. The minimum atomic E-state index is -0.258. The predicted molar refractivity (Wildman–Crippen MR) is 61.3 cm³/mol. The smallest absolute Gasteiger partial charge is 0.231 e. The number of halogens is 1. The van der Waals surface area contributed by atoms with Crippen molar-refractivity contribution >= 4 is 23.5 Å². The number of nitrogen functional groups attached to an aromatic ring is 1. The third-order valence-corrected chi connectivity index (χ3v) is 2.93. The van der Waals surface area contributed by atoms with Gasteiger partial charge in [0.2, 0.25) is 17.2 Å². The molecule has 0 radical (unpaired) electrons. The number of rotatable bonds is 1. The molecule has 7 heteroatoms. The quantitative estimate of drug-likeness (QED) is 0.738. The summed E-state index contributed by atoms with van der Waals surface area (Å²) in [6, 6.07) is 0. The molecule has 2 unspecified atom stereocenters. The van der Waals surface area contributed by atoms with Gasteiger partial charge in [-0.3, -0.25) is 0 Å². The van der Waals surface area contributed by atoms with E-state index in [-0.39, 0.29) is 23.3 Å². The zero-order valence-electron chi connectivity index (χ0n) is 8.97. The van der Waals surface area contributed by atoms with Crippen LogP contribution in [0.3, 0.4) is 0 Å².